The van der Waals surface area contributed by atoms with Crippen molar-refractivity contribution < 1.29 is 9.90 Å². The van der Waals surface area contributed by atoms with Crippen molar-refractivity contribution in [2.45, 2.75) is 45.7 Å². The number of piperidine rings is 1. The van der Waals surface area contributed by atoms with Crippen molar-refractivity contribution in [1.29, 1.82) is 0 Å². The minimum atomic E-state index is 0.180. The van der Waals surface area contributed by atoms with Crippen LogP contribution in [0.3, 0.4) is 0 Å². The van der Waals surface area contributed by atoms with Gasteiger partial charge < -0.3 is 10.0 Å². The maximum Gasteiger partial charge on any atom is 0.254 e. The van der Waals surface area contributed by atoms with E-state index in [1.165, 1.54) is 16.0 Å². The molecule has 6 heteroatoms. The van der Waals surface area contributed by atoms with E-state index < -0.39 is 0 Å². The van der Waals surface area contributed by atoms with Gasteiger partial charge in [0.05, 0.1) is 11.3 Å². The third kappa shape index (κ3) is 4.14. The van der Waals surface area contributed by atoms with Crippen LogP contribution in [0.1, 0.15) is 51.8 Å². The molecule has 150 valence electrons. The number of aliphatic hydroxyl groups excluding tert-OH is 1. The first-order valence-electron chi connectivity index (χ1n) is 10.3. The Morgan fingerprint density at radius 2 is 2.11 bits per heavy atom. The van der Waals surface area contributed by atoms with E-state index in [4.69, 9.17) is 0 Å². The number of likely N-dealkylation sites (tertiary alicyclic amines) is 1. The van der Waals surface area contributed by atoms with Crippen molar-refractivity contribution >= 4 is 17.2 Å². The van der Waals surface area contributed by atoms with Crippen molar-refractivity contribution in [2.75, 3.05) is 26.2 Å². The highest BCUT2D eigenvalue weighted by molar-refractivity contribution is 7.10. The Morgan fingerprint density at radius 3 is 2.79 bits per heavy atom. The van der Waals surface area contributed by atoms with E-state index in [0.717, 1.165) is 69.7 Å². The molecule has 5 nitrogen and oxygen atoms in total. The van der Waals surface area contributed by atoms with Crippen molar-refractivity contribution in [1.82, 2.24) is 14.8 Å². The number of hydrogen-bond donors (Lipinski definition) is 1. The molecule has 4 heterocycles. The first-order chi connectivity index (χ1) is 13.7. The Bertz CT molecular complexity index is 810. The largest absolute Gasteiger partial charge is 0.396 e. The lowest BCUT2D eigenvalue weighted by Gasteiger charge is -2.32. The van der Waals surface area contributed by atoms with Crippen LogP contribution in [0.15, 0.2) is 23.7 Å². The summed E-state index contributed by atoms with van der Waals surface area (Å²) in [6.45, 7) is 6.64. The molecule has 0 unspecified atom stereocenters. The molecule has 28 heavy (non-hydrogen) atoms. The Labute approximate surface area is 171 Å². The lowest BCUT2D eigenvalue weighted by atomic mass is 9.96. The first kappa shape index (κ1) is 19.6. The molecule has 4 rings (SSSR count). The van der Waals surface area contributed by atoms with Crippen LogP contribution < -0.4 is 0 Å². The lowest BCUT2D eigenvalue weighted by molar-refractivity contribution is 0.0649. The number of nitrogens with zero attached hydrogens (tertiary/aromatic N) is 3. The fraction of sp³-hybridized carbons (Fsp3) is 0.545. The zero-order valence-corrected chi connectivity index (χ0v) is 17.4. The first-order valence-corrected chi connectivity index (χ1v) is 11.2. The van der Waals surface area contributed by atoms with Crippen molar-refractivity contribution in [3.63, 3.8) is 0 Å². The van der Waals surface area contributed by atoms with Gasteiger partial charge in [0, 0.05) is 55.8 Å². The summed E-state index contributed by atoms with van der Waals surface area (Å²) in [4.78, 5) is 23.3. The van der Waals surface area contributed by atoms with Crippen LogP contribution in [0, 0.1) is 5.92 Å². The Balaban J connectivity index is 1.39. The van der Waals surface area contributed by atoms with Crippen LogP contribution in [0.5, 0.6) is 0 Å². The monoisotopic (exact) mass is 399 g/mol. The highest BCUT2D eigenvalue weighted by Crippen LogP contribution is 2.31. The molecule has 0 spiro atoms. The summed E-state index contributed by atoms with van der Waals surface area (Å²) in [5.74, 6) is 0.535. The third-order valence-electron chi connectivity index (χ3n) is 6.10. The van der Waals surface area contributed by atoms with Crippen molar-refractivity contribution in [2.24, 2.45) is 5.92 Å². The van der Waals surface area contributed by atoms with Gasteiger partial charge in [-0.1, -0.05) is 13.0 Å². The van der Waals surface area contributed by atoms with Gasteiger partial charge in [0.1, 0.15) is 0 Å². The molecule has 0 radical (unpaired) electrons. The van der Waals surface area contributed by atoms with Crippen LogP contribution in [0.4, 0.5) is 0 Å². The molecular formula is C22H29N3O2S. The topological polar surface area (TPSA) is 56.7 Å². The second-order valence-electron chi connectivity index (χ2n) is 7.94. The van der Waals surface area contributed by atoms with E-state index in [0.29, 0.717) is 5.92 Å². The number of carbonyl (C=O) groups excluding carboxylic acids is 1. The molecule has 0 bridgehead atoms. The number of aromatic nitrogens is 1. The second kappa shape index (κ2) is 8.72. The normalized spacial score (nSPS) is 18.3. The average Bonchev–Trinajstić information content (AvgIpc) is 3.17. The maximum atomic E-state index is 13.0. The zero-order valence-electron chi connectivity index (χ0n) is 16.6. The van der Waals surface area contributed by atoms with Gasteiger partial charge in [-0.25, -0.2) is 0 Å². The molecule has 0 saturated carbocycles. The number of hydrogen-bond acceptors (Lipinski definition) is 5. The van der Waals surface area contributed by atoms with Crippen LogP contribution in [-0.4, -0.2) is 52.0 Å². The van der Waals surface area contributed by atoms with E-state index in [-0.39, 0.29) is 12.5 Å². The van der Waals surface area contributed by atoms with Crippen LogP contribution in [0.2, 0.25) is 0 Å². The highest BCUT2D eigenvalue weighted by Gasteiger charge is 2.28. The number of amides is 1. The SMILES string of the molecule is CCc1ccc(CN2CCc3c(C(=O)N4CCC(CO)CC4)csc3C2)nc1. The van der Waals surface area contributed by atoms with E-state index in [9.17, 15) is 9.90 Å². The lowest BCUT2D eigenvalue weighted by Crippen LogP contribution is -2.39. The number of carbonyl (C=O) groups is 1. The standard InChI is InChI=1S/C22H29N3O2S/c1-2-16-3-4-18(23-11-16)12-24-8-7-19-20(15-28-21(19)13-24)22(27)25-9-5-17(14-26)6-10-25/h3-4,11,15,17,26H,2,5-10,12-14H2,1H3. The summed E-state index contributed by atoms with van der Waals surface area (Å²) in [6.07, 6.45) is 5.75. The van der Waals surface area contributed by atoms with Gasteiger partial charge in [-0.2, -0.15) is 0 Å². The summed E-state index contributed by atoms with van der Waals surface area (Å²) in [7, 11) is 0. The van der Waals surface area contributed by atoms with Gasteiger partial charge in [-0.05, 0) is 48.8 Å². The zero-order chi connectivity index (χ0) is 19.5. The Kier molecular flexibility index (Phi) is 6.09. The minimum absolute atomic E-state index is 0.180. The average molecular weight is 400 g/mol. The molecule has 1 fully saturated rings. The third-order valence-corrected chi connectivity index (χ3v) is 7.11. The molecule has 2 aromatic rings. The van der Waals surface area contributed by atoms with Gasteiger partial charge in [0.25, 0.3) is 5.91 Å². The van der Waals surface area contributed by atoms with Gasteiger partial charge in [0.15, 0.2) is 0 Å². The second-order valence-corrected chi connectivity index (χ2v) is 8.91. The summed E-state index contributed by atoms with van der Waals surface area (Å²) >= 11 is 1.72. The molecule has 0 aliphatic carbocycles. The molecule has 1 amide bonds. The van der Waals surface area contributed by atoms with Gasteiger partial charge in [-0.15, -0.1) is 11.3 Å². The smallest absolute Gasteiger partial charge is 0.254 e. The number of pyridine rings is 1. The van der Waals surface area contributed by atoms with Crippen LogP contribution in [-0.2, 0) is 25.9 Å². The summed E-state index contributed by atoms with van der Waals surface area (Å²) in [6, 6.07) is 4.30. The van der Waals surface area contributed by atoms with E-state index >= 15 is 0 Å². The Morgan fingerprint density at radius 1 is 1.29 bits per heavy atom. The minimum Gasteiger partial charge on any atom is -0.396 e. The number of rotatable bonds is 5. The number of fused-ring (bicyclic) bond motifs is 1. The number of thiophene rings is 1. The quantitative estimate of drug-likeness (QED) is 0.839. The fourth-order valence-corrected chi connectivity index (χ4v) is 5.29. The highest BCUT2D eigenvalue weighted by atomic mass is 32.1. The van der Waals surface area contributed by atoms with E-state index in [1.807, 2.05) is 11.1 Å². The van der Waals surface area contributed by atoms with Crippen molar-refractivity contribution in [3.8, 4) is 0 Å². The fourth-order valence-electron chi connectivity index (χ4n) is 4.17. The molecule has 2 aromatic heterocycles. The molecular weight excluding hydrogens is 370 g/mol. The van der Waals surface area contributed by atoms with Gasteiger partial charge in [0.2, 0.25) is 0 Å². The molecule has 2 aliphatic heterocycles. The van der Waals surface area contributed by atoms with Gasteiger partial charge >= 0.3 is 0 Å². The molecule has 1 saturated heterocycles. The number of aliphatic hydroxyl groups is 1. The van der Waals surface area contributed by atoms with E-state index in [2.05, 4.69) is 34.3 Å². The molecule has 2 aliphatic rings. The van der Waals surface area contributed by atoms with Gasteiger partial charge in [-0.3, -0.25) is 14.7 Å². The van der Waals surface area contributed by atoms with Crippen LogP contribution in [0.25, 0.3) is 0 Å². The molecule has 1 N–H and O–H groups in total. The predicted octanol–water partition coefficient (Wildman–Crippen LogP) is 3.11. The predicted molar refractivity (Wildman–Crippen MR) is 111 cm³/mol. The van der Waals surface area contributed by atoms with Crippen molar-refractivity contribution in [3.05, 3.63) is 51.0 Å². The van der Waals surface area contributed by atoms with Crippen LogP contribution >= 0.6 is 11.3 Å². The summed E-state index contributed by atoms with van der Waals surface area (Å²) in [5.41, 5.74) is 4.55. The molecule has 0 aromatic carbocycles. The number of aryl methyl sites for hydroxylation is 1. The maximum absolute atomic E-state index is 13.0. The molecule has 0 atom stereocenters. The Hall–Kier alpha value is -1.76. The van der Waals surface area contributed by atoms with E-state index in [1.54, 1.807) is 11.3 Å². The summed E-state index contributed by atoms with van der Waals surface area (Å²) < 4.78 is 0. The summed E-state index contributed by atoms with van der Waals surface area (Å²) in [5, 5.41) is 11.4.